The summed E-state index contributed by atoms with van der Waals surface area (Å²) in [5, 5.41) is -7.38. The Kier molecular flexibility index (Phi) is 15.9. The summed E-state index contributed by atoms with van der Waals surface area (Å²) in [6, 6.07) is -8.85. The average molecular weight is 1350 g/mol. The molecule has 0 nitrogen and oxygen atoms in total. The van der Waals surface area contributed by atoms with E-state index in [0.717, 1.165) is 0 Å². The Labute approximate surface area is 474 Å². The number of alkyl halides is 36. The molecule has 0 radical (unpaired) electrons. The number of rotatable bonds is 6. The van der Waals surface area contributed by atoms with Gasteiger partial charge in [0.25, 0.3) is 0 Å². The van der Waals surface area contributed by atoms with Crippen LogP contribution in [-0.2, 0) is 74.1 Å². The molecule has 0 fully saturated rings. The molecule has 0 saturated heterocycles. The van der Waals surface area contributed by atoms with E-state index < -0.39 is 268 Å². The number of hydrogen-bond donors (Lipinski definition) is 0. The highest BCUT2D eigenvalue weighted by Crippen LogP contribution is 2.48. The number of halogens is 36. The Hall–Kier alpha value is -7.59. The smallest absolute Gasteiger partial charge is 0.166 e. The zero-order chi connectivity index (χ0) is 68.3. The van der Waals surface area contributed by atoms with E-state index in [2.05, 4.69) is 0 Å². The molecule has 0 unspecified atom stereocenters. The van der Waals surface area contributed by atoms with E-state index in [1.54, 1.807) is 0 Å². The summed E-state index contributed by atoms with van der Waals surface area (Å²) in [6.07, 6.45) is -80.5. The van der Waals surface area contributed by atoms with Crippen molar-refractivity contribution in [3.05, 3.63) is 164 Å². The van der Waals surface area contributed by atoms with Gasteiger partial charge in [-0.1, -0.05) is 59.5 Å². The van der Waals surface area contributed by atoms with Gasteiger partial charge in [-0.3, -0.25) is 0 Å². The van der Waals surface area contributed by atoms with E-state index in [1.165, 1.54) is 0 Å². The minimum atomic E-state index is -6.86. The molecule has 0 aromatic heterocycles. The summed E-state index contributed by atoms with van der Waals surface area (Å²) >= 11 is 0. The Morgan fingerprint density at radius 3 is 0.489 bits per heavy atom. The lowest BCUT2D eigenvalue weighted by Gasteiger charge is -2.31. The van der Waals surface area contributed by atoms with Crippen molar-refractivity contribution in [2.24, 2.45) is 0 Å². The van der Waals surface area contributed by atoms with E-state index in [9.17, 15) is 52.7 Å². The van der Waals surface area contributed by atoms with Crippen LogP contribution in [0.25, 0.3) is 32.3 Å². The van der Waals surface area contributed by atoms with Gasteiger partial charge in [0.1, 0.15) is 0 Å². The largest absolute Gasteiger partial charge is 0.416 e. The van der Waals surface area contributed by atoms with Gasteiger partial charge in [-0.25, -0.2) is 0 Å². The Bertz CT molecular complexity index is 3520. The first kappa shape index (κ1) is 68.3. The lowest BCUT2D eigenvalue weighted by molar-refractivity contribution is -0.150. The lowest BCUT2D eigenvalue weighted by atomic mass is 9.33. The average Bonchev–Trinajstić information content (AvgIpc) is 0.713. The molecule has 8 rings (SSSR count). The van der Waals surface area contributed by atoms with Crippen LogP contribution in [0.5, 0.6) is 0 Å². The summed E-state index contributed by atoms with van der Waals surface area (Å²) in [5.74, 6) is 0. The van der Waals surface area contributed by atoms with Gasteiger partial charge in [-0.2, -0.15) is 158 Å². The van der Waals surface area contributed by atoms with Gasteiger partial charge in [-0.05, 0) is 103 Å². The van der Waals surface area contributed by atoms with Gasteiger partial charge >= 0.3 is 74.1 Å². The van der Waals surface area contributed by atoms with Crippen molar-refractivity contribution in [2.75, 3.05) is 0 Å². The molecule has 0 atom stereocenters. The summed E-state index contributed by atoms with van der Waals surface area (Å²) < 4.78 is 539. The molecule has 0 aliphatic heterocycles. The summed E-state index contributed by atoms with van der Waals surface area (Å²) in [4.78, 5) is 0. The fourth-order valence-corrected chi connectivity index (χ4v) is 10.6. The molecule has 0 saturated carbocycles. The van der Waals surface area contributed by atoms with Crippen molar-refractivity contribution in [1.82, 2.24) is 0 Å². The molecule has 0 bridgehead atoms. The molecule has 8 aromatic carbocycles. The molecular formula is C52H16B2F36. The molecule has 0 heterocycles. The van der Waals surface area contributed by atoms with Crippen molar-refractivity contribution in [2.45, 2.75) is 74.1 Å². The molecule has 482 valence electrons. The maximum atomic E-state index is 15.4. The predicted octanol–water partition coefficient (Wildman–Crippen LogP) is 17.8. The van der Waals surface area contributed by atoms with Gasteiger partial charge in [0.2, 0.25) is 13.4 Å². The zero-order valence-corrected chi connectivity index (χ0v) is 42.0. The normalized spacial score (nSPS) is 14.2. The van der Waals surface area contributed by atoms with Crippen LogP contribution < -0.4 is 32.8 Å². The highest BCUT2D eigenvalue weighted by Gasteiger charge is 2.56. The van der Waals surface area contributed by atoms with Crippen molar-refractivity contribution in [3.8, 4) is 0 Å². The minimum Gasteiger partial charge on any atom is -0.166 e. The SMILES string of the molecule is FC(F)(F)c1cc(C(F)(F)F)c(B(c2c(C(F)(F)F)cc(C(F)(F)F)cc2C(F)(F)F)c2ccc3ccc4c(B(c5c(C(F)(F)F)cc(C(F)(F)F)cc5C(F)(F)F)c5c(C(F)(F)F)cc(C(F)(F)F)cc5C(F)(F)F)ccc5ccc2c3c54)c(C(F)(F)F)c1. The molecule has 8 aromatic rings. The maximum Gasteiger partial charge on any atom is 0.416 e. The maximum absolute atomic E-state index is 15.4. The fourth-order valence-electron chi connectivity index (χ4n) is 10.6. The van der Waals surface area contributed by atoms with Crippen LogP contribution in [0.1, 0.15) is 66.8 Å². The highest BCUT2D eigenvalue weighted by molar-refractivity contribution is 6.99. The first-order chi connectivity index (χ1) is 40.3. The third kappa shape index (κ3) is 12.6. The first-order valence-electron chi connectivity index (χ1n) is 23.5. The lowest BCUT2D eigenvalue weighted by Crippen LogP contribution is -2.60. The molecule has 0 spiro atoms. The van der Waals surface area contributed by atoms with Crippen molar-refractivity contribution in [3.63, 3.8) is 0 Å². The monoisotopic (exact) mass is 1350 g/mol. The van der Waals surface area contributed by atoms with Gasteiger partial charge in [-0.15, -0.1) is 0 Å². The minimum absolute atomic E-state index is 0.0209. The molecule has 0 aliphatic carbocycles. The Balaban J connectivity index is 1.71. The van der Waals surface area contributed by atoms with Crippen LogP contribution in [0.15, 0.2) is 97.1 Å². The second kappa shape index (κ2) is 21.0. The van der Waals surface area contributed by atoms with Crippen molar-refractivity contribution in [1.29, 1.82) is 0 Å². The van der Waals surface area contributed by atoms with Gasteiger partial charge < -0.3 is 0 Å². The third-order valence-corrected chi connectivity index (χ3v) is 14.0. The van der Waals surface area contributed by atoms with E-state index in [-0.39, 0.29) is 36.4 Å². The Morgan fingerprint density at radius 1 is 0.189 bits per heavy atom. The summed E-state index contributed by atoms with van der Waals surface area (Å²) in [7, 11) is 0. The van der Waals surface area contributed by atoms with Crippen LogP contribution in [0.4, 0.5) is 158 Å². The van der Waals surface area contributed by atoms with Crippen LogP contribution in [0.3, 0.4) is 0 Å². The number of benzene rings is 8. The van der Waals surface area contributed by atoms with Crippen molar-refractivity contribution < 1.29 is 158 Å². The molecule has 0 N–H and O–H groups in total. The fraction of sp³-hybridized carbons (Fsp3) is 0.231. The highest BCUT2D eigenvalue weighted by atomic mass is 19.5. The van der Waals surface area contributed by atoms with Crippen LogP contribution in [0, 0.1) is 0 Å². The topological polar surface area (TPSA) is 0 Å². The molecule has 90 heavy (non-hydrogen) atoms. The third-order valence-electron chi connectivity index (χ3n) is 14.0. The first-order valence-corrected chi connectivity index (χ1v) is 23.5. The number of hydrogen-bond acceptors (Lipinski definition) is 0. The van der Waals surface area contributed by atoms with Crippen LogP contribution >= 0.6 is 0 Å². The van der Waals surface area contributed by atoms with Crippen molar-refractivity contribution >= 4 is 78.5 Å². The summed E-state index contributed by atoms with van der Waals surface area (Å²) in [6.45, 7) is -8.81. The quantitative estimate of drug-likeness (QED) is 0.0884. The summed E-state index contributed by atoms with van der Waals surface area (Å²) in [5.41, 5.74) is -56.3. The Morgan fingerprint density at radius 2 is 0.344 bits per heavy atom. The predicted molar refractivity (Wildman–Crippen MR) is 245 cm³/mol. The van der Waals surface area contributed by atoms with Gasteiger partial charge in [0.05, 0.1) is 66.8 Å². The second-order valence-corrected chi connectivity index (χ2v) is 19.5. The van der Waals surface area contributed by atoms with Crippen LogP contribution in [-0.4, -0.2) is 13.4 Å². The second-order valence-electron chi connectivity index (χ2n) is 19.5. The zero-order valence-electron chi connectivity index (χ0n) is 42.0. The van der Waals surface area contributed by atoms with E-state index >= 15 is 105 Å². The van der Waals surface area contributed by atoms with Gasteiger partial charge in [0, 0.05) is 0 Å². The molecule has 0 amide bonds. The molecular weight excluding hydrogens is 1330 g/mol. The van der Waals surface area contributed by atoms with Gasteiger partial charge in [0.15, 0.2) is 0 Å². The van der Waals surface area contributed by atoms with E-state index in [1.807, 2.05) is 0 Å². The standard InChI is InChI=1S/C52H16B2F36/c55-41(56,57)19-9-25(45(67,68)69)37(26(10-19)46(70,71)72)53(38-27(47(73,74)75)11-20(42(58,59)60)12-28(38)48(76,77)78)33-8-4-18-2-6-24-34(7-3-17-1-5-23(33)36(18)35(17)24)54(39-29(49(79,80)81)13-21(43(61,62)63)14-30(39)50(82,83)84)40-31(51(85,86)87)15-22(44(64,65)66)16-32(40)52(88,89)90/h1-16H. The van der Waals surface area contributed by atoms with Crippen LogP contribution in [0.2, 0.25) is 0 Å². The molecule has 38 heteroatoms. The van der Waals surface area contributed by atoms with E-state index in [4.69, 9.17) is 0 Å². The molecule has 0 aliphatic rings. The van der Waals surface area contributed by atoms with E-state index in [0.29, 0.717) is 12.1 Å².